The Balaban J connectivity index is 1.79. The molecule has 0 bridgehead atoms. The molecule has 1 amide bonds. The average molecular weight is 457 g/mol. The average Bonchev–Trinajstić information content (AvgIpc) is 3.11. The fourth-order valence-corrected chi connectivity index (χ4v) is 4.13. The summed E-state index contributed by atoms with van der Waals surface area (Å²) in [5.41, 5.74) is 5.15. The number of anilines is 2. The standard InChI is InChI=1S/C27H28N4O3/c1-4-31(5-2)17-18-8-11-21(12-9-18)29-25(20-7-6-14-28-16-20)24-22-15-19(27(33)34)10-13-23(22)30(3)26(24)32/h6-16,29H,4-5,17H2,1-3H3,(H,33,34). The van der Waals surface area contributed by atoms with Crippen LogP contribution in [0, 0.1) is 0 Å². The van der Waals surface area contributed by atoms with Gasteiger partial charge in [-0.3, -0.25) is 14.7 Å². The van der Waals surface area contributed by atoms with Crippen molar-refractivity contribution in [1.29, 1.82) is 0 Å². The Hall–Kier alpha value is -3.97. The lowest BCUT2D eigenvalue weighted by Gasteiger charge is -2.19. The van der Waals surface area contributed by atoms with Crippen LogP contribution in [-0.4, -0.2) is 47.0 Å². The molecule has 0 unspecified atom stereocenters. The first-order chi connectivity index (χ1) is 16.4. The van der Waals surface area contributed by atoms with E-state index in [0.717, 1.165) is 30.9 Å². The van der Waals surface area contributed by atoms with E-state index in [4.69, 9.17) is 0 Å². The molecule has 0 atom stereocenters. The second-order valence-electron chi connectivity index (χ2n) is 8.18. The van der Waals surface area contributed by atoms with Gasteiger partial charge in [-0.25, -0.2) is 4.79 Å². The third-order valence-electron chi connectivity index (χ3n) is 6.12. The number of fused-ring (bicyclic) bond motifs is 1. The Bertz CT molecular complexity index is 1230. The van der Waals surface area contributed by atoms with Crippen LogP contribution in [0.3, 0.4) is 0 Å². The number of amides is 1. The van der Waals surface area contributed by atoms with Crippen LogP contribution in [0.25, 0.3) is 11.3 Å². The SMILES string of the molecule is CCN(CC)Cc1ccc(NC(=C2C(=O)N(C)c3ccc(C(=O)O)cc32)c2cccnc2)cc1. The minimum atomic E-state index is -1.04. The summed E-state index contributed by atoms with van der Waals surface area (Å²) in [6, 6.07) is 16.6. The molecule has 0 radical (unpaired) electrons. The van der Waals surface area contributed by atoms with Crippen LogP contribution >= 0.6 is 0 Å². The first-order valence-electron chi connectivity index (χ1n) is 11.3. The van der Waals surface area contributed by atoms with E-state index in [1.54, 1.807) is 36.5 Å². The van der Waals surface area contributed by atoms with Crippen molar-refractivity contribution in [3.63, 3.8) is 0 Å². The summed E-state index contributed by atoms with van der Waals surface area (Å²) in [4.78, 5) is 33.1. The molecule has 34 heavy (non-hydrogen) atoms. The second-order valence-corrected chi connectivity index (χ2v) is 8.18. The van der Waals surface area contributed by atoms with E-state index >= 15 is 0 Å². The molecule has 0 saturated carbocycles. The number of carbonyl (C=O) groups is 2. The Morgan fingerprint density at radius 1 is 1.06 bits per heavy atom. The molecule has 2 heterocycles. The van der Waals surface area contributed by atoms with Gasteiger partial charge in [0.25, 0.3) is 5.91 Å². The lowest BCUT2D eigenvalue weighted by atomic mass is 9.99. The van der Waals surface area contributed by atoms with Crippen molar-refractivity contribution in [3.8, 4) is 0 Å². The van der Waals surface area contributed by atoms with Gasteiger partial charge in [-0.15, -0.1) is 0 Å². The quantitative estimate of drug-likeness (QED) is 0.483. The maximum atomic E-state index is 13.3. The summed E-state index contributed by atoms with van der Waals surface area (Å²) < 4.78 is 0. The molecular weight excluding hydrogens is 428 g/mol. The molecular formula is C27H28N4O3. The van der Waals surface area contributed by atoms with Crippen LogP contribution in [0.15, 0.2) is 67.0 Å². The molecule has 174 valence electrons. The maximum absolute atomic E-state index is 13.3. The van der Waals surface area contributed by atoms with Crippen LogP contribution in [0.5, 0.6) is 0 Å². The Kier molecular flexibility index (Phi) is 6.75. The fraction of sp³-hybridized carbons (Fsp3) is 0.222. The van der Waals surface area contributed by atoms with Gasteiger partial charge in [0.1, 0.15) is 0 Å². The van der Waals surface area contributed by atoms with Crippen LogP contribution in [0.1, 0.15) is 40.9 Å². The van der Waals surface area contributed by atoms with Gasteiger partial charge in [-0.2, -0.15) is 0 Å². The van der Waals surface area contributed by atoms with Gasteiger partial charge in [0, 0.05) is 42.8 Å². The minimum absolute atomic E-state index is 0.130. The van der Waals surface area contributed by atoms with Gasteiger partial charge in [0.05, 0.1) is 22.5 Å². The van der Waals surface area contributed by atoms with E-state index in [0.29, 0.717) is 22.5 Å². The van der Waals surface area contributed by atoms with Crippen LogP contribution in [-0.2, 0) is 11.3 Å². The first-order valence-corrected chi connectivity index (χ1v) is 11.3. The Labute approximate surface area is 199 Å². The van der Waals surface area contributed by atoms with Gasteiger partial charge in [-0.1, -0.05) is 26.0 Å². The van der Waals surface area contributed by atoms with E-state index in [2.05, 4.69) is 41.2 Å². The zero-order chi connectivity index (χ0) is 24.2. The summed E-state index contributed by atoms with van der Waals surface area (Å²) in [5.74, 6) is -1.24. The highest BCUT2D eigenvalue weighted by molar-refractivity contribution is 6.38. The van der Waals surface area contributed by atoms with E-state index in [-0.39, 0.29) is 11.5 Å². The summed E-state index contributed by atoms with van der Waals surface area (Å²) in [7, 11) is 1.69. The van der Waals surface area contributed by atoms with Gasteiger partial charge in [-0.05, 0) is 61.1 Å². The number of hydrogen-bond acceptors (Lipinski definition) is 5. The van der Waals surface area contributed by atoms with Gasteiger partial charge >= 0.3 is 5.97 Å². The maximum Gasteiger partial charge on any atom is 0.335 e. The van der Waals surface area contributed by atoms with Crippen molar-refractivity contribution in [1.82, 2.24) is 9.88 Å². The summed E-state index contributed by atoms with van der Waals surface area (Å²) in [6.45, 7) is 7.14. The molecule has 2 aromatic carbocycles. The number of hydrogen-bond donors (Lipinski definition) is 2. The molecule has 2 N–H and O–H groups in total. The highest BCUT2D eigenvalue weighted by atomic mass is 16.4. The molecule has 0 aliphatic carbocycles. The number of carbonyl (C=O) groups excluding carboxylic acids is 1. The molecule has 0 spiro atoms. The van der Waals surface area contributed by atoms with E-state index < -0.39 is 5.97 Å². The van der Waals surface area contributed by atoms with Crippen molar-refractivity contribution in [2.24, 2.45) is 0 Å². The number of carboxylic acid groups (broad SMARTS) is 1. The second kappa shape index (κ2) is 9.89. The molecule has 7 heteroatoms. The number of rotatable bonds is 8. The van der Waals surface area contributed by atoms with Crippen molar-refractivity contribution in [3.05, 3.63) is 89.2 Å². The van der Waals surface area contributed by atoms with Gasteiger partial charge in [0.2, 0.25) is 0 Å². The first kappa shape index (κ1) is 23.2. The molecule has 0 fully saturated rings. The lowest BCUT2D eigenvalue weighted by Crippen LogP contribution is -2.22. The summed E-state index contributed by atoms with van der Waals surface area (Å²) in [6.07, 6.45) is 3.36. The van der Waals surface area contributed by atoms with Crippen LogP contribution in [0.4, 0.5) is 11.4 Å². The van der Waals surface area contributed by atoms with Crippen molar-refractivity contribution in [2.45, 2.75) is 20.4 Å². The summed E-state index contributed by atoms with van der Waals surface area (Å²) in [5, 5.41) is 12.9. The number of aromatic nitrogens is 1. The smallest absolute Gasteiger partial charge is 0.335 e. The monoisotopic (exact) mass is 456 g/mol. The molecule has 1 aliphatic heterocycles. The number of nitrogens with zero attached hydrogens (tertiary/aromatic N) is 3. The fourth-order valence-electron chi connectivity index (χ4n) is 4.13. The Morgan fingerprint density at radius 3 is 2.41 bits per heavy atom. The number of benzene rings is 2. The minimum Gasteiger partial charge on any atom is -0.478 e. The molecule has 1 aliphatic rings. The highest BCUT2D eigenvalue weighted by Crippen LogP contribution is 2.40. The molecule has 1 aromatic heterocycles. The van der Waals surface area contributed by atoms with Crippen LogP contribution < -0.4 is 10.2 Å². The van der Waals surface area contributed by atoms with Crippen LogP contribution in [0.2, 0.25) is 0 Å². The predicted molar refractivity (Wildman–Crippen MR) is 135 cm³/mol. The molecule has 4 rings (SSSR count). The van der Waals surface area contributed by atoms with E-state index in [1.165, 1.54) is 11.6 Å². The zero-order valence-corrected chi connectivity index (χ0v) is 19.6. The molecule has 3 aromatic rings. The Morgan fingerprint density at radius 2 is 1.79 bits per heavy atom. The largest absolute Gasteiger partial charge is 0.478 e. The number of pyridine rings is 1. The number of nitrogens with one attached hydrogen (secondary N) is 1. The number of likely N-dealkylation sites (N-methyl/N-ethyl adjacent to an activating group) is 1. The topological polar surface area (TPSA) is 85.8 Å². The molecule has 7 nitrogen and oxygen atoms in total. The van der Waals surface area contributed by atoms with Crippen molar-refractivity contribution in [2.75, 3.05) is 30.4 Å². The van der Waals surface area contributed by atoms with E-state index in [1.807, 2.05) is 24.3 Å². The highest BCUT2D eigenvalue weighted by Gasteiger charge is 2.33. The number of aromatic carboxylic acids is 1. The van der Waals surface area contributed by atoms with Gasteiger partial charge in [0.15, 0.2) is 0 Å². The summed E-state index contributed by atoms with van der Waals surface area (Å²) >= 11 is 0. The third kappa shape index (κ3) is 4.56. The third-order valence-corrected chi connectivity index (χ3v) is 6.12. The number of carboxylic acids is 1. The predicted octanol–water partition coefficient (Wildman–Crippen LogP) is 4.58. The van der Waals surface area contributed by atoms with Gasteiger partial charge < -0.3 is 15.3 Å². The van der Waals surface area contributed by atoms with E-state index in [9.17, 15) is 14.7 Å². The zero-order valence-electron chi connectivity index (χ0n) is 19.6. The van der Waals surface area contributed by atoms with Crippen molar-refractivity contribution >= 4 is 34.5 Å². The van der Waals surface area contributed by atoms with Crippen molar-refractivity contribution < 1.29 is 14.7 Å². The molecule has 0 saturated heterocycles. The lowest BCUT2D eigenvalue weighted by molar-refractivity contribution is -0.112. The normalized spacial score (nSPS) is 14.4.